The molecule has 0 aliphatic heterocycles. The van der Waals surface area contributed by atoms with Gasteiger partial charge in [0.25, 0.3) is 0 Å². The first-order chi connectivity index (χ1) is 7.74. The maximum absolute atomic E-state index is 6.15. The van der Waals surface area contributed by atoms with Crippen LogP contribution in [-0.4, -0.2) is 9.97 Å². The summed E-state index contributed by atoms with van der Waals surface area (Å²) in [4.78, 5) is 9.86. The smallest absolute Gasteiger partial charge is 0.171 e. The van der Waals surface area contributed by atoms with Crippen molar-refractivity contribution in [1.82, 2.24) is 9.97 Å². The normalized spacial score (nSPS) is 14.1. The van der Waals surface area contributed by atoms with Crippen LogP contribution < -0.4 is 0 Å². The van der Waals surface area contributed by atoms with Gasteiger partial charge in [0.1, 0.15) is 5.15 Å². The first-order valence-corrected chi connectivity index (χ1v) is 6.62. The zero-order valence-corrected chi connectivity index (χ0v) is 10.7. The fourth-order valence-electron chi connectivity index (χ4n) is 1.93. The van der Waals surface area contributed by atoms with Crippen molar-refractivity contribution in [1.29, 1.82) is 0 Å². The monoisotopic (exact) mass is 270 g/mol. The summed E-state index contributed by atoms with van der Waals surface area (Å²) in [5.41, 5.74) is 2.22. The minimum atomic E-state index is 0.599. The first-order valence-electron chi connectivity index (χ1n) is 5.05. The predicted octanol–water partition coefficient (Wildman–Crippen LogP) is 4.00. The lowest BCUT2D eigenvalue weighted by atomic mass is 10.2. The standard InChI is InChI=1S/C11H8Cl2N2S/c12-9-5-4-8(16-9)11-14-7-3-1-2-6(7)10(13)15-11/h4-5H,1-3H2. The number of halogens is 2. The average molecular weight is 271 g/mol. The Balaban J connectivity index is 2.12. The highest BCUT2D eigenvalue weighted by molar-refractivity contribution is 7.19. The minimum absolute atomic E-state index is 0.599. The van der Waals surface area contributed by atoms with Crippen molar-refractivity contribution in [2.75, 3.05) is 0 Å². The fourth-order valence-corrected chi connectivity index (χ4v) is 3.19. The number of hydrogen-bond donors (Lipinski definition) is 0. The van der Waals surface area contributed by atoms with Gasteiger partial charge >= 0.3 is 0 Å². The van der Waals surface area contributed by atoms with Crippen molar-refractivity contribution in [2.45, 2.75) is 19.3 Å². The Kier molecular flexibility index (Phi) is 2.62. The van der Waals surface area contributed by atoms with Gasteiger partial charge < -0.3 is 0 Å². The lowest BCUT2D eigenvalue weighted by Gasteiger charge is -2.03. The van der Waals surface area contributed by atoms with Gasteiger partial charge in [-0.25, -0.2) is 9.97 Å². The third kappa shape index (κ3) is 1.73. The average Bonchev–Trinajstić information content (AvgIpc) is 2.85. The Morgan fingerprint density at radius 1 is 1.12 bits per heavy atom. The molecular formula is C11H8Cl2N2S. The van der Waals surface area contributed by atoms with E-state index in [-0.39, 0.29) is 0 Å². The molecule has 0 radical (unpaired) electrons. The van der Waals surface area contributed by atoms with Gasteiger partial charge in [-0.15, -0.1) is 11.3 Å². The van der Waals surface area contributed by atoms with E-state index in [1.54, 1.807) is 0 Å². The fraction of sp³-hybridized carbons (Fsp3) is 0.273. The molecule has 0 N–H and O–H groups in total. The van der Waals surface area contributed by atoms with E-state index in [0.29, 0.717) is 11.0 Å². The second-order valence-electron chi connectivity index (χ2n) is 3.72. The van der Waals surface area contributed by atoms with Crippen molar-refractivity contribution >= 4 is 34.5 Å². The Bertz CT molecular complexity index is 551. The van der Waals surface area contributed by atoms with Crippen LogP contribution in [0.15, 0.2) is 12.1 Å². The number of thiophene rings is 1. The molecule has 0 unspecified atom stereocenters. The molecule has 1 aliphatic rings. The van der Waals surface area contributed by atoms with Crippen molar-refractivity contribution in [3.8, 4) is 10.7 Å². The Hall–Kier alpha value is -0.640. The summed E-state index contributed by atoms with van der Waals surface area (Å²) < 4.78 is 0.746. The van der Waals surface area contributed by atoms with Crippen molar-refractivity contribution in [2.24, 2.45) is 0 Å². The summed E-state index contributed by atoms with van der Waals surface area (Å²) in [6.45, 7) is 0. The third-order valence-electron chi connectivity index (χ3n) is 2.68. The second kappa shape index (κ2) is 3.99. The molecule has 0 spiro atoms. The zero-order chi connectivity index (χ0) is 11.1. The van der Waals surface area contributed by atoms with Gasteiger partial charge in [0, 0.05) is 11.3 Å². The molecule has 2 heterocycles. The van der Waals surface area contributed by atoms with Gasteiger partial charge in [-0.05, 0) is 31.4 Å². The van der Waals surface area contributed by atoms with Gasteiger partial charge in [0.2, 0.25) is 0 Å². The maximum Gasteiger partial charge on any atom is 0.171 e. The largest absolute Gasteiger partial charge is 0.232 e. The van der Waals surface area contributed by atoms with Gasteiger partial charge in [0.05, 0.1) is 9.21 Å². The summed E-state index contributed by atoms with van der Waals surface area (Å²) in [6, 6.07) is 3.78. The van der Waals surface area contributed by atoms with Crippen molar-refractivity contribution < 1.29 is 0 Å². The number of nitrogens with zero attached hydrogens (tertiary/aromatic N) is 2. The number of rotatable bonds is 1. The zero-order valence-electron chi connectivity index (χ0n) is 8.33. The highest BCUT2D eigenvalue weighted by Gasteiger charge is 2.19. The summed E-state index contributed by atoms with van der Waals surface area (Å²) in [5, 5.41) is 0.599. The molecule has 5 heteroatoms. The van der Waals surface area contributed by atoms with Crippen LogP contribution in [0.3, 0.4) is 0 Å². The number of aryl methyl sites for hydroxylation is 1. The third-order valence-corrected chi connectivity index (χ3v) is 4.22. The Labute approximate surface area is 107 Å². The maximum atomic E-state index is 6.15. The quantitative estimate of drug-likeness (QED) is 0.732. The lowest BCUT2D eigenvalue weighted by molar-refractivity contribution is 0.900. The molecule has 16 heavy (non-hydrogen) atoms. The van der Waals surface area contributed by atoms with Gasteiger partial charge in [-0.1, -0.05) is 23.2 Å². The summed E-state index contributed by atoms with van der Waals surface area (Å²) >= 11 is 13.5. The molecular weight excluding hydrogens is 263 g/mol. The Morgan fingerprint density at radius 2 is 2.00 bits per heavy atom. The van der Waals surface area contributed by atoms with E-state index in [0.717, 1.165) is 39.7 Å². The van der Waals surface area contributed by atoms with E-state index < -0.39 is 0 Å². The van der Waals surface area contributed by atoms with Crippen molar-refractivity contribution in [3.63, 3.8) is 0 Å². The minimum Gasteiger partial charge on any atom is -0.232 e. The van der Waals surface area contributed by atoms with Crippen LogP contribution in [0, 0.1) is 0 Å². The molecule has 3 rings (SSSR count). The SMILES string of the molecule is Clc1ccc(-c2nc(Cl)c3c(n2)CCC3)s1. The molecule has 82 valence electrons. The van der Waals surface area contributed by atoms with E-state index in [9.17, 15) is 0 Å². The van der Waals surface area contributed by atoms with Crippen LogP contribution in [0.1, 0.15) is 17.7 Å². The van der Waals surface area contributed by atoms with E-state index in [1.165, 1.54) is 11.3 Å². The van der Waals surface area contributed by atoms with E-state index in [1.807, 2.05) is 12.1 Å². The second-order valence-corrected chi connectivity index (χ2v) is 5.79. The van der Waals surface area contributed by atoms with Crippen LogP contribution >= 0.6 is 34.5 Å². The Morgan fingerprint density at radius 3 is 2.75 bits per heavy atom. The molecule has 0 fully saturated rings. The molecule has 2 aromatic heterocycles. The topological polar surface area (TPSA) is 25.8 Å². The number of aromatic nitrogens is 2. The van der Waals surface area contributed by atoms with Crippen LogP contribution in [0.4, 0.5) is 0 Å². The van der Waals surface area contributed by atoms with Crippen LogP contribution in [0.5, 0.6) is 0 Å². The van der Waals surface area contributed by atoms with Gasteiger partial charge in [0.15, 0.2) is 5.82 Å². The van der Waals surface area contributed by atoms with E-state index in [2.05, 4.69) is 9.97 Å². The molecule has 2 nitrogen and oxygen atoms in total. The predicted molar refractivity (Wildman–Crippen MR) is 67.4 cm³/mol. The molecule has 0 saturated heterocycles. The van der Waals surface area contributed by atoms with Crippen molar-refractivity contribution in [3.05, 3.63) is 32.9 Å². The van der Waals surface area contributed by atoms with E-state index in [4.69, 9.17) is 23.2 Å². The van der Waals surface area contributed by atoms with Crippen LogP contribution in [0.25, 0.3) is 10.7 Å². The summed E-state index contributed by atoms with van der Waals surface area (Å²) in [7, 11) is 0. The van der Waals surface area contributed by atoms with Gasteiger partial charge in [-0.3, -0.25) is 0 Å². The van der Waals surface area contributed by atoms with E-state index >= 15 is 0 Å². The number of hydrogen-bond acceptors (Lipinski definition) is 3. The highest BCUT2D eigenvalue weighted by Crippen LogP contribution is 2.32. The molecule has 0 atom stereocenters. The molecule has 2 aromatic rings. The molecule has 0 bridgehead atoms. The molecule has 1 aliphatic carbocycles. The lowest BCUT2D eigenvalue weighted by Crippen LogP contribution is -1.96. The summed E-state index contributed by atoms with van der Waals surface area (Å²) in [6.07, 6.45) is 3.13. The first kappa shape index (κ1) is 10.5. The molecule has 0 saturated carbocycles. The molecule has 0 amide bonds. The summed E-state index contributed by atoms with van der Waals surface area (Å²) in [5.74, 6) is 0.697. The van der Waals surface area contributed by atoms with Gasteiger partial charge in [-0.2, -0.15) is 0 Å². The molecule has 0 aromatic carbocycles. The number of fused-ring (bicyclic) bond motifs is 1. The highest BCUT2D eigenvalue weighted by atomic mass is 35.5. The van der Waals surface area contributed by atoms with Crippen LogP contribution in [-0.2, 0) is 12.8 Å². The van der Waals surface area contributed by atoms with Crippen LogP contribution in [0.2, 0.25) is 9.49 Å².